The van der Waals surface area contributed by atoms with Gasteiger partial charge in [-0.2, -0.15) is 0 Å². The van der Waals surface area contributed by atoms with Crippen LogP contribution < -0.4 is 0 Å². The second-order valence-corrected chi connectivity index (χ2v) is 5.05. The van der Waals surface area contributed by atoms with Crippen LogP contribution in [0.25, 0.3) is 0 Å². The molecule has 9 heteroatoms. The lowest BCUT2D eigenvalue weighted by Crippen LogP contribution is -2.43. The fourth-order valence-electron chi connectivity index (χ4n) is 2.39. The Kier molecular flexibility index (Phi) is 4.20. The van der Waals surface area contributed by atoms with E-state index in [9.17, 15) is 19.7 Å². The first-order valence-electron chi connectivity index (χ1n) is 6.57. The summed E-state index contributed by atoms with van der Waals surface area (Å²) in [5, 5.41) is 19.6. The normalized spacial score (nSPS) is 18.5. The topological polar surface area (TPSA) is 119 Å². The largest absolute Gasteiger partial charge is 0.481 e. The van der Waals surface area contributed by atoms with Gasteiger partial charge in [0.25, 0.3) is 0 Å². The van der Waals surface area contributed by atoms with Crippen LogP contribution in [0, 0.1) is 23.0 Å². The van der Waals surface area contributed by atoms with Gasteiger partial charge in [0, 0.05) is 20.0 Å². The van der Waals surface area contributed by atoms with Gasteiger partial charge in [-0.1, -0.05) is 0 Å². The molecule has 2 rings (SSSR count). The number of nitro groups is 1. The minimum atomic E-state index is -0.901. The van der Waals surface area contributed by atoms with Crippen molar-refractivity contribution in [2.24, 2.45) is 5.92 Å². The Hall–Kier alpha value is -2.45. The Balaban J connectivity index is 2.04. The summed E-state index contributed by atoms with van der Waals surface area (Å²) >= 11 is 0. The average molecular weight is 296 g/mol. The van der Waals surface area contributed by atoms with Crippen LogP contribution in [0.4, 0.5) is 5.82 Å². The highest BCUT2D eigenvalue weighted by atomic mass is 16.6. The zero-order chi connectivity index (χ0) is 15.6. The van der Waals surface area contributed by atoms with E-state index >= 15 is 0 Å². The number of carboxylic acids is 1. The number of piperidine rings is 1. The maximum Gasteiger partial charge on any atom is 0.381 e. The lowest BCUT2D eigenvalue weighted by atomic mass is 9.98. The van der Waals surface area contributed by atoms with Gasteiger partial charge in [-0.25, -0.2) is 0 Å². The molecule has 0 saturated carbocycles. The van der Waals surface area contributed by atoms with Crippen LogP contribution in [0.5, 0.6) is 0 Å². The van der Waals surface area contributed by atoms with E-state index in [0.29, 0.717) is 25.2 Å². The number of imidazole rings is 1. The van der Waals surface area contributed by atoms with Crippen LogP contribution >= 0.6 is 0 Å². The van der Waals surface area contributed by atoms with Crippen molar-refractivity contribution in [1.82, 2.24) is 14.5 Å². The summed E-state index contributed by atoms with van der Waals surface area (Å²) in [6, 6.07) is 0. The highest BCUT2D eigenvalue weighted by molar-refractivity contribution is 5.78. The molecule has 0 bridgehead atoms. The van der Waals surface area contributed by atoms with Crippen molar-refractivity contribution in [2.75, 3.05) is 13.1 Å². The monoisotopic (exact) mass is 296 g/mol. The molecule has 1 aliphatic heterocycles. The van der Waals surface area contributed by atoms with Gasteiger partial charge >= 0.3 is 11.8 Å². The predicted molar refractivity (Wildman–Crippen MR) is 70.6 cm³/mol. The first-order valence-corrected chi connectivity index (χ1v) is 6.57. The molecule has 9 nitrogen and oxygen atoms in total. The third-order valence-corrected chi connectivity index (χ3v) is 3.58. The minimum Gasteiger partial charge on any atom is -0.481 e. The van der Waals surface area contributed by atoms with Gasteiger partial charge in [-0.15, -0.1) is 0 Å². The molecule has 1 atom stereocenters. The number of carbonyl (C=O) groups excluding carboxylic acids is 1. The standard InChI is InChI=1S/C12H16N4O5/c1-8-13-10(16(20)21)6-15(8)7-11(17)14-4-2-3-9(5-14)12(18)19/h6,9H,2-5,7H2,1H3,(H,18,19). The number of likely N-dealkylation sites (tertiary alicyclic amines) is 1. The molecule has 1 amide bonds. The van der Waals surface area contributed by atoms with Gasteiger partial charge in [0.1, 0.15) is 12.7 Å². The molecule has 1 fully saturated rings. The van der Waals surface area contributed by atoms with Gasteiger partial charge in [-0.05, 0) is 22.7 Å². The number of aliphatic carboxylic acids is 1. The third kappa shape index (κ3) is 3.36. The average Bonchev–Trinajstić information content (AvgIpc) is 2.80. The molecule has 0 aromatic carbocycles. The van der Waals surface area contributed by atoms with Crippen molar-refractivity contribution in [3.05, 3.63) is 22.1 Å². The number of aromatic nitrogens is 2. The van der Waals surface area contributed by atoms with E-state index in [1.165, 1.54) is 15.7 Å². The van der Waals surface area contributed by atoms with Crippen LogP contribution in [0.15, 0.2) is 6.20 Å². The Bertz CT molecular complexity index is 582. The summed E-state index contributed by atoms with van der Waals surface area (Å²) in [4.78, 5) is 38.4. The fraction of sp³-hybridized carbons (Fsp3) is 0.583. The van der Waals surface area contributed by atoms with Gasteiger partial charge < -0.3 is 20.1 Å². The SMILES string of the molecule is Cc1nc([N+](=O)[O-])cn1CC(=O)N1CCCC(C(=O)O)C1. The Morgan fingerprint density at radius 3 is 2.86 bits per heavy atom. The summed E-state index contributed by atoms with van der Waals surface area (Å²) in [7, 11) is 0. The number of hydrogen-bond donors (Lipinski definition) is 1. The quantitative estimate of drug-likeness (QED) is 0.635. The van der Waals surface area contributed by atoms with Crippen molar-refractivity contribution >= 4 is 17.7 Å². The van der Waals surface area contributed by atoms with Crippen molar-refractivity contribution in [2.45, 2.75) is 26.3 Å². The zero-order valence-electron chi connectivity index (χ0n) is 11.6. The summed E-state index contributed by atoms with van der Waals surface area (Å²) in [6.45, 7) is 2.21. The van der Waals surface area contributed by atoms with Crippen molar-refractivity contribution < 1.29 is 19.6 Å². The van der Waals surface area contributed by atoms with Crippen molar-refractivity contribution in [3.8, 4) is 0 Å². The van der Waals surface area contributed by atoms with Crippen LogP contribution in [0.2, 0.25) is 0 Å². The molecule has 1 unspecified atom stereocenters. The summed E-state index contributed by atoms with van der Waals surface area (Å²) in [5.74, 6) is -1.62. The van der Waals surface area contributed by atoms with Crippen LogP contribution in [0.3, 0.4) is 0 Å². The molecule has 21 heavy (non-hydrogen) atoms. The molecule has 1 aromatic rings. The minimum absolute atomic E-state index is 0.0704. The number of nitrogens with zero attached hydrogens (tertiary/aromatic N) is 4. The molecular formula is C12H16N4O5. The molecule has 1 N–H and O–H groups in total. The van der Waals surface area contributed by atoms with E-state index in [0.717, 1.165) is 0 Å². The molecule has 0 aliphatic carbocycles. The van der Waals surface area contributed by atoms with E-state index in [-0.39, 0.29) is 24.8 Å². The second kappa shape index (κ2) is 5.90. The van der Waals surface area contributed by atoms with E-state index in [4.69, 9.17) is 5.11 Å². The van der Waals surface area contributed by atoms with Crippen LogP contribution in [-0.2, 0) is 16.1 Å². The second-order valence-electron chi connectivity index (χ2n) is 5.05. The lowest BCUT2D eigenvalue weighted by Gasteiger charge is -2.30. The molecule has 0 spiro atoms. The molecule has 2 heterocycles. The van der Waals surface area contributed by atoms with Gasteiger partial charge in [-0.3, -0.25) is 14.2 Å². The Morgan fingerprint density at radius 1 is 1.57 bits per heavy atom. The van der Waals surface area contributed by atoms with Gasteiger partial charge in [0.2, 0.25) is 11.7 Å². The van der Waals surface area contributed by atoms with E-state index < -0.39 is 16.8 Å². The number of rotatable bonds is 4. The molecule has 1 saturated heterocycles. The summed E-state index contributed by atoms with van der Waals surface area (Å²) in [6.07, 6.45) is 2.42. The van der Waals surface area contributed by atoms with Gasteiger partial charge in [0.05, 0.1) is 5.92 Å². The first kappa shape index (κ1) is 14.9. The van der Waals surface area contributed by atoms with Crippen molar-refractivity contribution in [1.29, 1.82) is 0 Å². The molecule has 0 radical (unpaired) electrons. The summed E-state index contributed by atoms with van der Waals surface area (Å²) < 4.78 is 1.41. The van der Waals surface area contributed by atoms with Crippen LogP contribution in [0.1, 0.15) is 18.7 Å². The lowest BCUT2D eigenvalue weighted by molar-refractivity contribution is -0.389. The maximum atomic E-state index is 12.2. The van der Waals surface area contributed by atoms with Crippen LogP contribution in [-0.4, -0.2) is 49.4 Å². The van der Waals surface area contributed by atoms with Gasteiger partial charge in [0.15, 0.2) is 0 Å². The molecule has 1 aliphatic rings. The van der Waals surface area contributed by atoms with E-state index in [1.807, 2.05) is 0 Å². The summed E-state index contributed by atoms with van der Waals surface area (Å²) in [5.41, 5.74) is 0. The predicted octanol–water partition coefficient (Wildman–Crippen LogP) is 0.423. The smallest absolute Gasteiger partial charge is 0.381 e. The third-order valence-electron chi connectivity index (χ3n) is 3.58. The molecule has 114 valence electrons. The Labute approximate surface area is 120 Å². The Morgan fingerprint density at radius 2 is 2.29 bits per heavy atom. The number of aryl methyl sites for hydroxylation is 1. The van der Waals surface area contributed by atoms with Crippen molar-refractivity contribution in [3.63, 3.8) is 0 Å². The van der Waals surface area contributed by atoms with E-state index in [2.05, 4.69) is 4.98 Å². The number of carboxylic acid groups (broad SMARTS) is 1. The number of amides is 1. The fourth-order valence-corrected chi connectivity index (χ4v) is 2.39. The number of hydrogen-bond acceptors (Lipinski definition) is 5. The molecular weight excluding hydrogens is 280 g/mol. The first-order chi connectivity index (χ1) is 9.88. The maximum absolute atomic E-state index is 12.2. The highest BCUT2D eigenvalue weighted by Crippen LogP contribution is 2.18. The highest BCUT2D eigenvalue weighted by Gasteiger charge is 2.28. The van der Waals surface area contributed by atoms with E-state index in [1.54, 1.807) is 6.92 Å². The zero-order valence-corrected chi connectivity index (χ0v) is 11.6. The molecule has 1 aromatic heterocycles. The number of carbonyl (C=O) groups is 2.